The molecule has 1 aromatic heterocycles. The molecule has 4 saturated carbocycles. The Balaban J connectivity index is 1.01. The van der Waals surface area contributed by atoms with Crippen molar-refractivity contribution in [1.29, 1.82) is 0 Å². The SMILES string of the molecule is CC(C(=O)NC(=O)NC12CC3CC(CC(C3)C1)C2)N1CCN(C(=O)c2n[nH]c3ccccc23)CC1. The number of carbonyl (C=O) groups is 3. The summed E-state index contributed by atoms with van der Waals surface area (Å²) in [5, 5.41) is 13.8. The molecule has 5 aliphatic rings. The van der Waals surface area contributed by atoms with E-state index in [9.17, 15) is 14.4 Å². The number of carbonyl (C=O) groups excluding carboxylic acids is 3. The summed E-state index contributed by atoms with van der Waals surface area (Å²) < 4.78 is 0. The van der Waals surface area contributed by atoms with Crippen LogP contribution in [0.3, 0.4) is 0 Å². The monoisotopic (exact) mass is 478 g/mol. The Morgan fingerprint density at radius 3 is 2.29 bits per heavy atom. The number of amides is 4. The first kappa shape index (κ1) is 22.5. The maximum absolute atomic E-state index is 13.0. The molecule has 7 rings (SSSR count). The fourth-order valence-corrected chi connectivity index (χ4v) is 7.51. The van der Waals surface area contributed by atoms with E-state index < -0.39 is 6.04 Å². The van der Waals surface area contributed by atoms with Gasteiger partial charge in [0.25, 0.3) is 5.91 Å². The molecule has 0 spiro atoms. The van der Waals surface area contributed by atoms with E-state index in [2.05, 4.69) is 20.8 Å². The summed E-state index contributed by atoms with van der Waals surface area (Å²) >= 11 is 0. The summed E-state index contributed by atoms with van der Waals surface area (Å²) in [4.78, 5) is 42.5. The second-order valence-corrected chi connectivity index (χ2v) is 11.3. The van der Waals surface area contributed by atoms with E-state index in [0.29, 0.717) is 31.9 Å². The van der Waals surface area contributed by atoms with Crippen molar-refractivity contribution in [2.24, 2.45) is 17.8 Å². The number of fused-ring (bicyclic) bond motifs is 1. The summed E-state index contributed by atoms with van der Waals surface area (Å²) in [5.74, 6) is 1.80. The molecule has 4 aliphatic carbocycles. The van der Waals surface area contributed by atoms with Gasteiger partial charge in [0.2, 0.25) is 5.91 Å². The summed E-state index contributed by atoms with van der Waals surface area (Å²) in [6, 6.07) is 6.79. The van der Waals surface area contributed by atoms with Crippen LogP contribution < -0.4 is 10.6 Å². The molecule has 9 nitrogen and oxygen atoms in total. The van der Waals surface area contributed by atoms with Gasteiger partial charge in [-0.3, -0.25) is 24.9 Å². The van der Waals surface area contributed by atoms with Crippen LogP contribution in [0.5, 0.6) is 0 Å². The smallest absolute Gasteiger partial charge is 0.321 e. The molecule has 4 bridgehead atoms. The fraction of sp³-hybridized carbons (Fsp3) is 0.615. The zero-order valence-electron chi connectivity index (χ0n) is 20.3. The van der Waals surface area contributed by atoms with Crippen LogP contribution in [0.25, 0.3) is 10.9 Å². The van der Waals surface area contributed by atoms with Gasteiger partial charge in [-0.15, -0.1) is 0 Å². The number of nitrogens with zero attached hydrogens (tertiary/aromatic N) is 3. The van der Waals surface area contributed by atoms with Gasteiger partial charge in [0.15, 0.2) is 5.69 Å². The number of urea groups is 1. The van der Waals surface area contributed by atoms with Gasteiger partial charge in [-0.25, -0.2) is 4.79 Å². The predicted molar refractivity (Wildman–Crippen MR) is 131 cm³/mol. The number of para-hydroxylation sites is 1. The third-order valence-electron chi connectivity index (χ3n) is 8.86. The lowest BCUT2D eigenvalue weighted by Crippen LogP contribution is -2.63. The number of aromatic amines is 1. The zero-order chi connectivity index (χ0) is 24.2. The number of H-pyrrole nitrogens is 1. The second kappa shape index (κ2) is 8.62. The van der Waals surface area contributed by atoms with Crippen LogP contribution in [0, 0.1) is 17.8 Å². The minimum Gasteiger partial charge on any atom is -0.335 e. The number of hydrogen-bond donors (Lipinski definition) is 3. The van der Waals surface area contributed by atoms with Crippen molar-refractivity contribution in [3.05, 3.63) is 30.0 Å². The molecule has 186 valence electrons. The van der Waals surface area contributed by atoms with Crippen molar-refractivity contribution < 1.29 is 14.4 Å². The number of imide groups is 1. The maximum Gasteiger partial charge on any atom is 0.321 e. The number of piperazine rings is 1. The van der Waals surface area contributed by atoms with Crippen molar-refractivity contribution in [2.45, 2.75) is 57.0 Å². The Kier molecular flexibility index (Phi) is 5.55. The van der Waals surface area contributed by atoms with Crippen LogP contribution in [0.1, 0.15) is 55.9 Å². The van der Waals surface area contributed by atoms with Gasteiger partial charge in [-0.05, 0) is 69.3 Å². The Labute approximate surface area is 205 Å². The molecule has 4 amide bonds. The molecular formula is C26H34N6O3. The summed E-state index contributed by atoms with van der Waals surface area (Å²) in [7, 11) is 0. The molecule has 1 aliphatic heterocycles. The van der Waals surface area contributed by atoms with Gasteiger partial charge < -0.3 is 10.2 Å². The van der Waals surface area contributed by atoms with Gasteiger partial charge in [-0.2, -0.15) is 5.10 Å². The predicted octanol–water partition coefficient (Wildman–Crippen LogP) is 2.50. The molecule has 5 fully saturated rings. The van der Waals surface area contributed by atoms with Gasteiger partial charge in [-0.1, -0.05) is 18.2 Å². The van der Waals surface area contributed by atoms with Crippen molar-refractivity contribution in [3.63, 3.8) is 0 Å². The Morgan fingerprint density at radius 2 is 1.63 bits per heavy atom. The highest BCUT2D eigenvalue weighted by atomic mass is 16.2. The number of aromatic nitrogens is 2. The summed E-state index contributed by atoms with van der Waals surface area (Å²) in [6.07, 6.45) is 7.09. The molecule has 0 radical (unpaired) electrons. The largest absolute Gasteiger partial charge is 0.335 e. The third kappa shape index (κ3) is 4.20. The van der Waals surface area contributed by atoms with Gasteiger partial charge >= 0.3 is 6.03 Å². The van der Waals surface area contributed by atoms with Gasteiger partial charge in [0.1, 0.15) is 0 Å². The van der Waals surface area contributed by atoms with Crippen LogP contribution in [-0.4, -0.2) is 75.6 Å². The third-order valence-corrected chi connectivity index (χ3v) is 8.86. The zero-order valence-corrected chi connectivity index (χ0v) is 20.3. The van der Waals surface area contributed by atoms with Crippen molar-refractivity contribution in [3.8, 4) is 0 Å². The molecule has 1 saturated heterocycles. The number of rotatable bonds is 4. The molecule has 1 atom stereocenters. The van der Waals surface area contributed by atoms with E-state index in [1.54, 1.807) is 4.90 Å². The van der Waals surface area contributed by atoms with Crippen molar-refractivity contribution in [1.82, 2.24) is 30.6 Å². The molecule has 2 aromatic rings. The lowest BCUT2D eigenvalue weighted by molar-refractivity contribution is -0.125. The van der Waals surface area contributed by atoms with Crippen LogP contribution in [0.15, 0.2) is 24.3 Å². The Morgan fingerprint density at radius 1 is 1.00 bits per heavy atom. The first-order chi connectivity index (χ1) is 16.9. The van der Waals surface area contributed by atoms with E-state index in [1.807, 2.05) is 36.1 Å². The lowest BCUT2D eigenvalue weighted by Gasteiger charge is -2.56. The number of hydrogen-bond acceptors (Lipinski definition) is 5. The first-order valence-electron chi connectivity index (χ1n) is 13.0. The lowest BCUT2D eigenvalue weighted by atomic mass is 9.53. The van der Waals surface area contributed by atoms with Gasteiger partial charge in [0.05, 0.1) is 11.6 Å². The van der Waals surface area contributed by atoms with Gasteiger partial charge in [0, 0.05) is 37.1 Å². The quantitative estimate of drug-likeness (QED) is 0.625. The van der Waals surface area contributed by atoms with E-state index in [0.717, 1.165) is 47.9 Å². The van der Waals surface area contributed by atoms with E-state index in [4.69, 9.17) is 0 Å². The number of nitrogens with one attached hydrogen (secondary N) is 3. The van der Waals surface area contributed by atoms with Crippen LogP contribution in [-0.2, 0) is 4.79 Å². The second-order valence-electron chi connectivity index (χ2n) is 11.3. The average Bonchev–Trinajstić information content (AvgIpc) is 3.26. The van der Waals surface area contributed by atoms with E-state index in [1.165, 1.54) is 19.3 Å². The first-order valence-corrected chi connectivity index (χ1v) is 13.0. The van der Waals surface area contributed by atoms with E-state index in [-0.39, 0.29) is 23.4 Å². The average molecular weight is 479 g/mol. The minimum atomic E-state index is -0.444. The highest BCUT2D eigenvalue weighted by Crippen LogP contribution is 2.55. The minimum absolute atomic E-state index is 0.103. The highest BCUT2D eigenvalue weighted by Gasteiger charge is 2.51. The van der Waals surface area contributed by atoms with Crippen LogP contribution in [0.4, 0.5) is 4.79 Å². The summed E-state index contributed by atoms with van der Waals surface area (Å²) in [5.41, 5.74) is 1.15. The molecular weight excluding hydrogens is 444 g/mol. The molecule has 2 heterocycles. The Bertz CT molecular complexity index is 1120. The maximum atomic E-state index is 13.0. The highest BCUT2D eigenvalue weighted by molar-refractivity contribution is 6.04. The van der Waals surface area contributed by atoms with Crippen molar-refractivity contribution >= 4 is 28.7 Å². The summed E-state index contributed by atoms with van der Waals surface area (Å²) in [6.45, 7) is 3.98. The normalized spacial score (nSPS) is 30.9. The molecule has 3 N–H and O–H groups in total. The molecule has 1 unspecified atom stereocenters. The number of benzene rings is 1. The van der Waals surface area contributed by atoms with Crippen LogP contribution in [0.2, 0.25) is 0 Å². The molecule has 35 heavy (non-hydrogen) atoms. The standard InChI is InChI=1S/C26H34N6O3/c1-16(23(33)27-25(35)28-26-13-17-10-18(14-26)12-19(11-17)15-26)31-6-8-32(9-7-31)24(34)22-20-4-2-3-5-21(20)29-30-22/h2-5,16-19H,6-15H2,1H3,(H,29,30)(H2,27,28,33,35). The molecule has 9 heteroatoms. The Hall–Kier alpha value is -2.94. The fourth-order valence-electron chi connectivity index (χ4n) is 7.51. The molecule has 1 aromatic carbocycles. The van der Waals surface area contributed by atoms with E-state index >= 15 is 0 Å². The topological polar surface area (TPSA) is 110 Å². The van der Waals surface area contributed by atoms with Crippen molar-refractivity contribution in [2.75, 3.05) is 26.2 Å². The van der Waals surface area contributed by atoms with Crippen LogP contribution >= 0.6 is 0 Å².